The molecule has 0 aromatic carbocycles. The highest BCUT2D eigenvalue weighted by Crippen LogP contribution is 2.12. The van der Waals surface area contributed by atoms with E-state index in [0.29, 0.717) is 18.8 Å². The summed E-state index contributed by atoms with van der Waals surface area (Å²) in [6.45, 7) is 9.37. The molecule has 0 saturated carbocycles. The molecule has 0 rings (SSSR count). The maximum Gasteiger partial charge on any atom is 0.309 e. The van der Waals surface area contributed by atoms with Crippen LogP contribution in [0, 0.1) is 11.8 Å². The molecule has 0 amide bonds. The van der Waals surface area contributed by atoms with Crippen LogP contribution in [0.4, 0.5) is 0 Å². The molecule has 1 atom stereocenters. The molecule has 16 heavy (non-hydrogen) atoms. The van der Waals surface area contributed by atoms with E-state index in [-0.39, 0.29) is 24.3 Å². The Morgan fingerprint density at radius 2 is 1.94 bits per heavy atom. The highest BCUT2D eigenvalue weighted by Gasteiger charge is 2.16. The van der Waals surface area contributed by atoms with Gasteiger partial charge in [-0.25, -0.2) is 0 Å². The third-order valence-electron chi connectivity index (χ3n) is 2.23. The fraction of sp³-hybridized carbons (Fsp3) is 0.692. The van der Waals surface area contributed by atoms with Gasteiger partial charge in [-0.1, -0.05) is 26.8 Å². The highest BCUT2D eigenvalue weighted by atomic mass is 16.5. The molecule has 92 valence electrons. The number of ketones is 1. The Kier molecular flexibility index (Phi) is 7.52. The summed E-state index contributed by atoms with van der Waals surface area (Å²) in [5, 5.41) is 0. The van der Waals surface area contributed by atoms with E-state index < -0.39 is 0 Å². The van der Waals surface area contributed by atoms with Crippen LogP contribution in [-0.2, 0) is 14.3 Å². The predicted molar refractivity (Wildman–Crippen MR) is 64.0 cm³/mol. The lowest BCUT2D eigenvalue weighted by Gasteiger charge is -2.12. The summed E-state index contributed by atoms with van der Waals surface area (Å²) in [4.78, 5) is 22.7. The van der Waals surface area contributed by atoms with Crippen molar-refractivity contribution >= 4 is 11.8 Å². The van der Waals surface area contributed by atoms with Crippen molar-refractivity contribution in [2.24, 2.45) is 11.8 Å². The summed E-state index contributed by atoms with van der Waals surface area (Å²) in [5.74, 6) is -0.00290. The van der Waals surface area contributed by atoms with Gasteiger partial charge in [-0.3, -0.25) is 9.59 Å². The van der Waals surface area contributed by atoms with Crippen LogP contribution in [0.5, 0.6) is 0 Å². The van der Waals surface area contributed by atoms with Crippen molar-refractivity contribution in [1.29, 1.82) is 0 Å². The van der Waals surface area contributed by atoms with E-state index in [1.807, 2.05) is 6.92 Å². The number of hydrogen-bond donors (Lipinski definition) is 0. The normalized spacial score (nSPS) is 12.2. The van der Waals surface area contributed by atoms with Gasteiger partial charge in [0.25, 0.3) is 0 Å². The number of carbonyl (C=O) groups excluding carboxylic acids is 2. The minimum atomic E-state index is -0.277. The molecule has 0 aromatic heterocycles. The Morgan fingerprint density at radius 1 is 1.31 bits per heavy atom. The van der Waals surface area contributed by atoms with Crippen molar-refractivity contribution in [1.82, 2.24) is 0 Å². The molecule has 0 N–H and O–H groups in total. The average Bonchev–Trinajstić information content (AvgIpc) is 2.21. The van der Waals surface area contributed by atoms with Crippen LogP contribution in [-0.4, -0.2) is 18.4 Å². The molecule has 0 bridgehead atoms. The van der Waals surface area contributed by atoms with Gasteiger partial charge in [0, 0.05) is 6.42 Å². The van der Waals surface area contributed by atoms with E-state index in [0.717, 1.165) is 6.42 Å². The van der Waals surface area contributed by atoms with Crippen LogP contribution in [0.25, 0.3) is 0 Å². The van der Waals surface area contributed by atoms with Crippen molar-refractivity contribution in [3.8, 4) is 0 Å². The molecule has 0 spiro atoms. The number of Topliss-reactive ketones (excluding diaryl/α,β-unsaturated/α-hetero) is 1. The van der Waals surface area contributed by atoms with Gasteiger partial charge in [0.1, 0.15) is 6.61 Å². The van der Waals surface area contributed by atoms with E-state index in [9.17, 15) is 9.59 Å². The topological polar surface area (TPSA) is 43.4 Å². The van der Waals surface area contributed by atoms with E-state index >= 15 is 0 Å². The van der Waals surface area contributed by atoms with Crippen LogP contribution in [0.2, 0.25) is 0 Å². The first-order valence-electron chi connectivity index (χ1n) is 5.76. The summed E-state index contributed by atoms with van der Waals surface area (Å²) in [7, 11) is 0. The van der Waals surface area contributed by atoms with Crippen LogP contribution < -0.4 is 0 Å². The number of esters is 1. The summed E-state index contributed by atoms with van der Waals surface area (Å²) >= 11 is 0. The van der Waals surface area contributed by atoms with E-state index in [1.165, 1.54) is 0 Å². The van der Waals surface area contributed by atoms with Crippen molar-refractivity contribution in [3.05, 3.63) is 12.7 Å². The zero-order valence-electron chi connectivity index (χ0n) is 10.5. The summed E-state index contributed by atoms with van der Waals surface area (Å²) < 4.78 is 4.94. The molecule has 0 saturated heterocycles. The van der Waals surface area contributed by atoms with Crippen molar-refractivity contribution in [3.63, 3.8) is 0 Å². The molecule has 0 aliphatic rings. The van der Waals surface area contributed by atoms with E-state index in [4.69, 9.17) is 4.74 Å². The lowest BCUT2D eigenvalue weighted by atomic mass is 9.99. The largest absolute Gasteiger partial charge is 0.457 e. The first kappa shape index (κ1) is 14.9. The SMILES string of the molecule is C=CCCC(=O)COC(=O)C(C)CC(C)C. The maximum absolute atomic E-state index is 11.5. The molecule has 3 heteroatoms. The van der Waals surface area contributed by atoms with Crippen LogP contribution in [0.15, 0.2) is 12.7 Å². The monoisotopic (exact) mass is 226 g/mol. The second-order valence-electron chi connectivity index (χ2n) is 4.50. The lowest BCUT2D eigenvalue weighted by Crippen LogP contribution is -2.20. The van der Waals surface area contributed by atoms with Crippen molar-refractivity contribution in [2.75, 3.05) is 6.61 Å². The van der Waals surface area contributed by atoms with Crippen LogP contribution in [0.3, 0.4) is 0 Å². The van der Waals surface area contributed by atoms with Crippen molar-refractivity contribution < 1.29 is 14.3 Å². The highest BCUT2D eigenvalue weighted by molar-refractivity contribution is 5.82. The maximum atomic E-state index is 11.5. The Labute approximate surface area is 97.9 Å². The van der Waals surface area contributed by atoms with Crippen LogP contribution >= 0.6 is 0 Å². The minimum absolute atomic E-state index is 0.0509. The second-order valence-corrected chi connectivity index (χ2v) is 4.50. The van der Waals surface area contributed by atoms with E-state index in [2.05, 4.69) is 20.4 Å². The number of allylic oxidation sites excluding steroid dienone is 1. The van der Waals surface area contributed by atoms with Gasteiger partial charge in [0.05, 0.1) is 5.92 Å². The van der Waals surface area contributed by atoms with Gasteiger partial charge < -0.3 is 4.74 Å². The number of ether oxygens (including phenoxy) is 1. The Morgan fingerprint density at radius 3 is 2.44 bits per heavy atom. The smallest absolute Gasteiger partial charge is 0.309 e. The molecule has 0 radical (unpaired) electrons. The fourth-order valence-corrected chi connectivity index (χ4v) is 1.43. The quantitative estimate of drug-likeness (QED) is 0.472. The fourth-order valence-electron chi connectivity index (χ4n) is 1.43. The average molecular weight is 226 g/mol. The van der Waals surface area contributed by atoms with Gasteiger partial charge in [-0.05, 0) is 18.8 Å². The third-order valence-corrected chi connectivity index (χ3v) is 2.23. The Hall–Kier alpha value is -1.12. The summed E-state index contributed by atoms with van der Waals surface area (Å²) in [6.07, 6.45) is 3.51. The zero-order chi connectivity index (χ0) is 12.6. The third kappa shape index (κ3) is 7.21. The Bertz CT molecular complexity index is 244. The number of rotatable bonds is 8. The molecule has 1 unspecified atom stereocenters. The molecular weight excluding hydrogens is 204 g/mol. The molecule has 3 nitrogen and oxygen atoms in total. The first-order valence-corrected chi connectivity index (χ1v) is 5.76. The molecule has 0 aliphatic carbocycles. The minimum Gasteiger partial charge on any atom is -0.457 e. The lowest BCUT2D eigenvalue weighted by molar-refractivity contribution is -0.152. The number of hydrogen-bond acceptors (Lipinski definition) is 3. The van der Waals surface area contributed by atoms with Gasteiger partial charge in [-0.15, -0.1) is 6.58 Å². The van der Waals surface area contributed by atoms with Gasteiger partial charge in [-0.2, -0.15) is 0 Å². The molecule has 0 fully saturated rings. The predicted octanol–water partition coefficient (Wildman–Crippen LogP) is 2.75. The van der Waals surface area contributed by atoms with Gasteiger partial charge >= 0.3 is 5.97 Å². The molecule has 0 heterocycles. The zero-order valence-corrected chi connectivity index (χ0v) is 10.5. The van der Waals surface area contributed by atoms with E-state index in [1.54, 1.807) is 6.08 Å². The number of carbonyl (C=O) groups is 2. The Balaban J connectivity index is 3.79. The molecule has 0 aromatic rings. The molecular formula is C13H22O3. The second kappa shape index (κ2) is 8.08. The summed E-state index contributed by atoms with van der Waals surface area (Å²) in [6, 6.07) is 0. The van der Waals surface area contributed by atoms with Crippen molar-refractivity contribution in [2.45, 2.75) is 40.0 Å². The first-order chi connectivity index (χ1) is 7.47. The van der Waals surface area contributed by atoms with Crippen LogP contribution in [0.1, 0.15) is 40.0 Å². The standard InChI is InChI=1S/C13H22O3/c1-5-6-7-12(14)9-16-13(15)11(4)8-10(2)3/h5,10-11H,1,6-9H2,2-4H3. The molecule has 0 aliphatic heterocycles. The van der Waals surface area contributed by atoms with Gasteiger partial charge in [0.2, 0.25) is 0 Å². The van der Waals surface area contributed by atoms with Gasteiger partial charge in [0.15, 0.2) is 5.78 Å². The summed E-state index contributed by atoms with van der Waals surface area (Å²) in [5.41, 5.74) is 0.